The molecule has 0 bridgehead atoms. The molecule has 1 aliphatic heterocycles. The van der Waals surface area contributed by atoms with Gasteiger partial charge in [0.25, 0.3) is 15.9 Å². The maximum atomic E-state index is 13.1. The molecule has 8 nitrogen and oxygen atoms in total. The van der Waals surface area contributed by atoms with Crippen LogP contribution in [0, 0.1) is 12.8 Å². The molecule has 178 valence electrons. The fourth-order valence-electron chi connectivity index (χ4n) is 3.55. The van der Waals surface area contributed by atoms with Gasteiger partial charge in [-0.1, -0.05) is 43.7 Å². The maximum absolute atomic E-state index is 13.1. The molecule has 10 heteroatoms. The summed E-state index contributed by atoms with van der Waals surface area (Å²) >= 11 is 0.941. The average molecular weight is 493 g/mol. The lowest BCUT2D eigenvalue weighted by atomic mass is 10.00. The van der Waals surface area contributed by atoms with E-state index in [2.05, 4.69) is 4.72 Å². The maximum Gasteiger partial charge on any atom is 0.340 e. The molecule has 0 radical (unpaired) electrons. The number of aryl methyl sites for hydroxylation is 1. The third kappa shape index (κ3) is 5.34. The van der Waals surface area contributed by atoms with Gasteiger partial charge in [0, 0.05) is 23.9 Å². The molecule has 0 saturated carbocycles. The zero-order chi connectivity index (χ0) is 24.3. The normalized spacial score (nSPS) is 14.5. The third-order valence-electron chi connectivity index (χ3n) is 5.80. The van der Waals surface area contributed by atoms with Crippen LogP contribution in [0.25, 0.3) is 0 Å². The summed E-state index contributed by atoms with van der Waals surface area (Å²) in [5, 5.41) is 0. The molecule has 0 unspecified atom stereocenters. The molecule has 0 aliphatic carbocycles. The summed E-state index contributed by atoms with van der Waals surface area (Å²) in [5.41, 5.74) is 2.41. The van der Waals surface area contributed by atoms with Crippen molar-refractivity contribution < 1.29 is 27.5 Å². The van der Waals surface area contributed by atoms with Crippen LogP contribution in [0.3, 0.4) is 0 Å². The lowest BCUT2D eigenvalue weighted by Gasteiger charge is -2.27. The number of nitrogens with one attached hydrogen (secondary N) is 1. The first-order valence-corrected chi connectivity index (χ1v) is 13.0. The highest BCUT2D eigenvalue weighted by molar-refractivity contribution is 7.91. The van der Waals surface area contributed by atoms with E-state index in [0.29, 0.717) is 16.9 Å². The second-order valence-electron chi connectivity index (χ2n) is 8.12. The van der Waals surface area contributed by atoms with E-state index in [0.717, 1.165) is 22.5 Å². The summed E-state index contributed by atoms with van der Waals surface area (Å²) in [6, 6.07) is 7.44. The predicted octanol–water partition coefficient (Wildman–Crippen LogP) is 2.82. The molecule has 1 N–H and O–H groups in total. The zero-order valence-electron chi connectivity index (χ0n) is 19.1. The van der Waals surface area contributed by atoms with Gasteiger partial charge in [-0.2, -0.15) is 0 Å². The summed E-state index contributed by atoms with van der Waals surface area (Å²) in [7, 11) is -2.82. The number of fused-ring (bicyclic) bond motifs is 1. The monoisotopic (exact) mass is 492 g/mol. The highest BCUT2D eigenvalue weighted by atomic mass is 32.2. The van der Waals surface area contributed by atoms with Crippen molar-refractivity contribution in [1.29, 1.82) is 0 Å². The molecular weight excluding hydrogens is 464 g/mol. The number of benzene rings is 1. The molecule has 1 aromatic carbocycles. The van der Waals surface area contributed by atoms with E-state index in [-0.39, 0.29) is 41.7 Å². The number of ketones is 1. The quantitative estimate of drug-likeness (QED) is 0.448. The summed E-state index contributed by atoms with van der Waals surface area (Å²) in [5.74, 6) is -2.16. The Bertz CT molecular complexity index is 1170. The minimum absolute atomic E-state index is 0.00857. The van der Waals surface area contributed by atoms with E-state index in [1.165, 1.54) is 12.0 Å². The molecule has 1 amide bonds. The molecule has 1 aromatic heterocycles. The van der Waals surface area contributed by atoms with Crippen LogP contribution >= 0.6 is 11.3 Å². The van der Waals surface area contributed by atoms with Gasteiger partial charge in [-0.3, -0.25) is 9.59 Å². The van der Waals surface area contributed by atoms with E-state index in [1.54, 1.807) is 6.92 Å². The van der Waals surface area contributed by atoms with Crippen LogP contribution < -0.4 is 4.72 Å². The van der Waals surface area contributed by atoms with Crippen molar-refractivity contribution in [1.82, 2.24) is 9.62 Å². The average Bonchev–Trinajstić information content (AvgIpc) is 3.21. The minimum Gasteiger partial charge on any atom is -0.465 e. The van der Waals surface area contributed by atoms with Gasteiger partial charge in [0.2, 0.25) is 5.78 Å². The number of esters is 1. The van der Waals surface area contributed by atoms with Gasteiger partial charge in [-0.25, -0.2) is 17.9 Å². The second kappa shape index (κ2) is 10.1. The number of amides is 1. The number of hydrogen-bond donors (Lipinski definition) is 1. The number of sulfonamides is 1. The SMILES string of the molecule is CC[C@H](C)C(=O)C(=O)N1CCc2c(sc(S(=O)(=O)NCc3ccc(C)cc3)c2C(=O)OC)C1. The summed E-state index contributed by atoms with van der Waals surface area (Å²) in [4.78, 5) is 39.5. The van der Waals surface area contributed by atoms with Crippen molar-refractivity contribution in [3.63, 3.8) is 0 Å². The van der Waals surface area contributed by atoms with Crippen LogP contribution in [-0.4, -0.2) is 44.6 Å². The molecule has 1 atom stereocenters. The first kappa shape index (κ1) is 25.1. The summed E-state index contributed by atoms with van der Waals surface area (Å²) < 4.78 is 33.6. The molecule has 0 fully saturated rings. The van der Waals surface area contributed by atoms with Crippen molar-refractivity contribution in [2.75, 3.05) is 13.7 Å². The topological polar surface area (TPSA) is 110 Å². The Labute approximate surface area is 198 Å². The largest absolute Gasteiger partial charge is 0.465 e. The number of carbonyl (C=O) groups is 3. The van der Waals surface area contributed by atoms with Crippen LogP contribution in [0.5, 0.6) is 0 Å². The number of ether oxygens (including phenoxy) is 1. The van der Waals surface area contributed by atoms with E-state index in [4.69, 9.17) is 4.74 Å². The first-order chi connectivity index (χ1) is 15.6. The van der Waals surface area contributed by atoms with Crippen molar-refractivity contribution in [2.45, 2.75) is 50.9 Å². The van der Waals surface area contributed by atoms with E-state index in [9.17, 15) is 22.8 Å². The van der Waals surface area contributed by atoms with Gasteiger partial charge >= 0.3 is 5.97 Å². The Morgan fingerprint density at radius 3 is 2.48 bits per heavy atom. The molecule has 0 saturated heterocycles. The van der Waals surface area contributed by atoms with Crippen molar-refractivity contribution in [3.8, 4) is 0 Å². The Kier molecular flexibility index (Phi) is 7.71. The van der Waals surface area contributed by atoms with Crippen LogP contribution in [-0.2, 0) is 43.9 Å². The van der Waals surface area contributed by atoms with Crippen molar-refractivity contribution in [2.24, 2.45) is 5.92 Å². The van der Waals surface area contributed by atoms with Crippen LogP contribution in [0.15, 0.2) is 28.5 Å². The smallest absolute Gasteiger partial charge is 0.340 e. The second-order valence-corrected chi connectivity index (χ2v) is 11.2. The molecule has 2 heterocycles. The van der Waals surface area contributed by atoms with Gasteiger partial charge in [-0.15, -0.1) is 11.3 Å². The Balaban J connectivity index is 1.90. The van der Waals surface area contributed by atoms with Crippen LogP contribution in [0.1, 0.15) is 52.2 Å². The molecule has 33 heavy (non-hydrogen) atoms. The number of thiophene rings is 1. The standard InChI is InChI=1S/C23H28N2O6S2/c1-5-15(3)20(26)21(27)25-11-10-17-18(13-25)32-23(19(17)22(28)31-4)33(29,30)24-12-16-8-6-14(2)7-9-16/h6-9,15,24H,5,10-13H2,1-4H3/t15-/m0/s1. The number of Topliss-reactive ketones (excluding diaryl/α,β-unsaturated/α-hetero) is 1. The molecule has 2 aromatic rings. The highest BCUT2D eigenvalue weighted by Crippen LogP contribution is 2.37. The van der Waals surface area contributed by atoms with E-state index >= 15 is 0 Å². The summed E-state index contributed by atoms with van der Waals surface area (Å²) in [6.45, 7) is 5.87. The van der Waals surface area contributed by atoms with Crippen molar-refractivity contribution in [3.05, 3.63) is 51.4 Å². The minimum atomic E-state index is -4.02. The molecule has 0 spiro atoms. The Hall–Kier alpha value is -2.56. The number of carbonyl (C=O) groups excluding carboxylic acids is 3. The number of nitrogens with zero attached hydrogens (tertiary/aromatic N) is 1. The van der Waals surface area contributed by atoms with Crippen LogP contribution in [0.4, 0.5) is 0 Å². The Morgan fingerprint density at radius 1 is 1.21 bits per heavy atom. The number of methoxy groups -OCH3 is 1. The van der Waals surface area contributed by atoms with Gasteiger partial charge < -0.3 is 9.64 Å². The highest BCUT2D eigenvalue weighted by Gasteiger charge is 2.36. The van der Waals surface area contributed by atoms with Gasteiger partial charge in [0.15, 0.2) is 0 Å². The van der Waals surface area contributed by atoms with E-state index in [1.807, 2.05) is 38.1 Å². The van der Waals surface area contributed by atoms with Gasteiger partial charge in [0.05, 0.1) is 19.2 Å². The molecular formula is C23H28N2O6S2. The molecule has 1 aliphatic rings. The predicted molar refractivity (Wildman–Crippen MR) is 124 cm³/mol. The lowest BCUT2D eigenvalue weighted by Crippen LogP contribution is -2.41. The van der Waals surface area contributed by atoms with Gasteiger partial charge in [0.1, 0.15) is 4.21 Å². The van der Waals surface area contributed by atoms with Crippen molar-refractivity contribution >= 4 is 39.0 Å². The Morgan fingerprint density at radius 2 is 1.88 bits per heavy atom. The van der Waals surface area contributed by atoms with E-state index < -0.39 is 27.7 Å². The van der Waals surface area contributed by atoms with Crippen LogP contribution in [0.2, 0.25) is 0 Å². The fraction of sp³-hybridized carbons (Fsp3) is 0.435. The zero-order valence-corrected chi connectivity index (χ0v) is 20.8. The molecule has 3 rings (SSSR count). The number of rotatable bonds is 8. The lowest BCUT2D eigenvalue weighted by molar-refractivity contribution is -0.147. The van der Waals surface area contributed by atoms with Gasteiger partial charge in [-0.05, 0) is 30.9 Å². The number of hydrogen-bond acceptors (Lipinski definition) is 7. The first-order valence-electron chi connectivity index (χ1n) is 10.7. The third-order valence-corrected chi connectivity index (χ3v) is 8.94. The summed E-state index contributed by atoms with van der Waals surface area (Å²) in [6.07, 6.45) is 0.827. The fourth-order valence-corrected chi connectivity index (χ4v) is 6.51.